The fraction of sp³-hybridized carbons (Fsp3) is 0.625. The Kier molecular flexibility index (Phi) is 3.94. The van der Waals surface area contributed by atoms with Gasteiger partial charge in [-0.2, -0.15) is 0 Å². The first-order valence-electron chi connectivity index (χ1n) is 4.28. The molecular formula is C8H12N2O3S. The number of nitrogens with zero attached hydrogens (tertiary/aromatic N) is 1. The number of rotatable bonds is 2. The molecule has 14 heavy (non-hydrogen) atoms. The van der Waals surface area contributed by atoms with Crippen molar-refractivity contribution in [3.8, 4) is 0 Å². The number of amides is 1. The van der Waals surface area contributed by atoms with Gasteiger partial charge < -0.3 is 10.1 Å². The van der Waals surface area contributed by atoms with E-state index in [1.165, 1.54) is 18.7 Å². The number of aliphatic imine (C=N–C) groups is 1. The SMILES string of the molecule is CCOC(=O)C1CSC(NC(C)=O)=N1. The second kappa shape index (κ2) is 4.99. The molecule has 1 aliphatic heterocycles. The lowest BCUT2D eigenvalue weighted by atomic mass is 10.4. The van der Waals surface area contributed by atoms with Gasteiger partial charge in [-0.25, -0.2) is 9.79 Å². The highest BCUT2D eigenvalue weighted by atomic mass is 32.2. The van der Waals surface area contributed by atoms with Crippen LogP contribution in [0.15, 0.2) is 4.99 Å². The van der Waals surface area contributed by atoms with Crippen molar-refractivity contribution < 1.29 is 14.3 Å². The largest absolute Gasteiger partial charge is 0.464 e. The van der Waals surface area contributed by atoms with Crippen LogP contribution < -0.4 is 5.32 Å². The Hall–Kier alpha value is -1.04. The molecule has 0 radical (unpaired) electrons. The van der Waals surface area contributed by atoms with E-state index in [1.54, 1.807) is 6.92 Å². The number of hydrogen-bond acceptors (Lipinski definition) is 5. The summed E-state index contributed by atoms with van der Waals surface area (Å²) in [5.74, 6) is 0.0233. The minimum atomic E-state index is -0.471. The number of carbonyl (C=O) groups is 2. The maximum atomic E-state index is 11.2. The second-order valence-corrected chi connectivity index (χ2v) is 3.70. The molecule has 6 heteroatoms. The Bertz CT molecular complexity index is 278. The van der Waals surface area contributed by atoms with E-state index in [0.29, 0.717) is 17.5 Å². The molecule has 5 nitrogen and oxygen atoms in total. The molecule has 1 unspecified atom stereocenters. The summed E-state index contributed by atoms with van der Waals surface area (Å²) in [5.41, 5.74) is 0. The number of nitrogens with one attached hydrogen (secondary N) is 1. The average molecular weight is 216 g/mol. The minimum absolute atomic E-state index is 0.180. The summed E-state index contributed by atoms with van der Waals surface area (Å²) in [6.07, 6.45) is 0. The molecule has 0 bridgehead atoms. The van der Waals surface area contributed by atoms with E-state index in [-0.39, 0.29) is 11.9 Å². The first-order valence-corrected chi connectivity index (χ1v) is 5.27. The maximum absolute atomic E-state index is 11.2. The topological polar surface area (TPSA) is 67.8 Å². The van der Waals surface area contributed by atoms with Crippen molar-refractivity contribution in [2.75, 3.05) is 12.4 Å². The van der Waals surface area contributed by atoms with E-state index in [9.17, 15) is 9.59 Å². The van der Waals surface area contributed by atoms with Crippen LogP contribution >= 0.6 is 11.8 Å². The number of amidine groups is 1. The summed E-state index contributed by atoms with van der Waals surface area (Å²) in [6.45, 7) is 3.50. The fourth-order valence-corrected chi connectivity index (χ4v) is 1.90. The van der Waals surface area contributed by atoms with Crippen LogP contribution in [-0.2, 0) is 14.3 Å². The maximum Gasteiger partial charge on any atom is 0.331 e. The summed E-state index contributed by atoms with van der Waals surface area (Å²) in [7, 11) is 0. The predicted octanol–water partition coefficient (Wildman–Crippen LogP) is 0.157. The Morgan fingerprint density at radius 3 is 3.00 bits per heavy atom. The highest BCUT2D eigenvalue weighted by Crippen LogP contribution is 2.17. The van der Waals surface area contributed by atoms with Gasteiger partial charge in [0.05, 0.1) is 6.61 Å². The smallest absolute Gasteiger partial charge is 0.331 e. The van der Waals surface area contributed by atoms with Gasteiger partial charge in [0.2, 0.25) is 5.91 Å². The molecule has 0 aromatic carbocycles. The Morgan fingerprint density at radius 1 is 1.71 bits per heavy atom. The van der Waals surface area contributed by atoms with Gasteiger partial charge in [0.25, 0.3) is 0 Å². The number of thioether (sulfide) groups is 1. The zero-order chi connectivity index (χ0) is 10.6. The molecule has 0 aromatic rings. The van der Waals surface area contributed by atoms with Crippen LogP contribution in [0.25, 0.3) is 0 Å². The molecule has 1 atom stereocenters. The van der Waals surface area contributed by atoms with Gasteiger partial charge in [0.1, 0.15) is 0 Å². The van der Waals surface area contributed by atoms with Crippen LogP contribution in [0.4, 0.5) is 0 Å². The molecule has 1 rings (SSSR count). The summed E-state index contributed by atoms with van der Waals surface area (Å²) in [5, 5.41) is 3.03. The quantitative estimate of drug-likeness (QED) is 0.667. The van der Waals surface area contributed by atoms with E-state index < -0.39 is 6.04 Å². The summed E-state index contributed by atoms with van der Waals surface area (Å²) in [6, 6.07) is -0.471. The number of carbonyl (C=O) groups excluding carboxylic acids is 2. The standard InChI is InChI=1S/C8H12N2O3S/c1-3-13-7(12)6-4-14-8(10-6)9-5(2)11/h6H,3-4H2,1-2H3,(H,9,10,11). The van der Waals surface area contributed by atoms with E-state index >= 15 is 0 Å². The molecule has 78 valence electrons. The average Bonchev–Trinajstić information content (AvgIpc) is 2.52. The van der Waals surface area contributed by atoms with Crippen LogP contribution in [-0.4, -0.2) is 35.4 Å². The molecule has 0 aromatic heterocycles. The van der Waals surface area contributed by atoms with Crippen LogP contribution in [0, 0.1) is 0 Å². The van der Waals surface area contributed by atoms with Crippen molar-refractivity contribution in [1.82, 2.24) is 5.32 Å². The lowest BCUT2D eigenvalue weighted by molar-refractivity contribution is -0.143. The zero-order valence-electron chi connectivity index (χ0n) is 8.07. The van der Waals surface area contributed by atoms with Crippen molar-refractivity contribution in [3.05, 3.63) is 0 Å². The normalized spacial score (nSPS) is 20.1. The predicted molar refractivity (Wildman–Crippen MR) is 54.1 cm³/mol. The van der Waals surface area contributed by atoms with E-state index in [1.807, 2.05) is 0 Å². The first-order chi connectivity index (χ1) is 6.63. The Labute approximate surface area is 86.3 Å². The third-order valence-corrected chi connectivity index (χ3v) is 2.46. The van der Waals surface area contributed by atoms with Crippen molar-refractivity contribution in [3.63, 3.8) is 0 Å². The van der Waals surface area contributed by atoms with Gasteiger partial charge in [-0.3, -0.25) is 4.79 Å². The molecule has 1 amide bonds. The van der Waals surface area contributed by atoms with Crippen molar-refractivity contribution in [1.29, 1.82) is 0 Å². The molecular weight excluding hydrogens is 204 g/mol. The van der Waals surface area contributed by atoms with E-state index in [4.69, 9.17) is 4.74 Å². The second-order valence-electron chi connectivity index (χ2n) is 2.69. The highest BCUT2D eigenvalue weighted by Gasteiger charge is 2.26. The molecule has 0 spiro atoms. The lowest BCUT2D eigenvalue weighted by Gasteiger charge is -2.03. The highest BCUT2D eigenvalue weighted by molar-refractivity contribution is 8.14. The van der Waals surface area contributed by atoms with Gasteiger partial charge in [-0.15, -0.1) is 0 Å². The molecule has 1 aliphatic rings. The number of esters is 1. The van der Waals surface area contributed by atoms with Gasteiger partial charge in [0, 0.05) is 12.7 Å². The molecule has 1 heterocycles. The van der Waals surface area contributed by atoms with Crippen LogP contribution in [0.1, 0.15) is 13.8 Å². The third kappa shape index (κ3) is 3.02. The fourth-order valence-electron chi connectivity index (χ4n) is 0.952. The monoisotopic (exact) mass is 216 g/mol. The van der Waals surface area contributed by atoms with Gasteiger partial charge in [-0.05, 0) is 6.92 Å². The summed E-state index contributed by atoms with van der Waals surface area (Å²) < 4.78 is 4.81. The number of hydrogen-bond donors (Lipinski definition) is 1. The van der Waals surface area contributed by atoms with Crippen LogP contribution in [0.5, 0.6) is 0 Å². The van der Waals surface area contributed by atoms with Gasteiger partial charge in [-0.1, -0.05) is 11.8 Å². The van der Waals surface area contributed by atoms with E-state index in [2.05, 4.69) is 10.3 Å². The summed E-state index contributed by atoms with van der Waals surface area (Å²) in [4.78, 5) is 25.9. The van der Waals surface area contributed by atoms with Crippen LogP contribution in [0.2, 0.25) is 0 Å². The molecule has 0 fully saturated rings. The Balaban J connectivity index is 2.48. The number of ether oxygens (including phenoxy) is 1. The molecule has 0 saturated carbocycles. The van der Waals surface area contributed by atoms with E-state index in [0.717, 1.165) is 0 Å². The van der Waals surface area contributed by atoms with Gasteiger partial charge in [0.15, 0.2) is 11.2 Å². The lowest BCUT2D eigenvalue weighted by Crippen LogP contribution is -2.25. The molecule has 0 aliphatic carbocycles. The van der Waals surface area contributed by atoms with Crippen molar-refractivity contribution in [2.45, 2.75) is 19.9 Å². The van der Waals surface area contributed by atoms with Crippen LogP contribution in [0.3, 0.4) is 0 Å². The van der Waals surface area contributed by atoms with Crippen molar-refractivity contribution in [2.24, 2.45) is 4.99 Å². The zero-order valence-corrected chi connectivity index (χ0v) is 8.89. The van der Waals surface area contributed by atoms with Gasteiger partial charge >= 0.3 is 5.97 Å². The Morgan fingerprint density at radius 2 is 2.43 bits per heavy atom. The minimum Gasteiger partial charge on any atom is -0.464 e. The molecule has 1 N–H and O–H groups in total. The summed E-state index contributed by atoms with van der Waals surface area (Å²) >= 11 is 1.35. The van der Waals surface area contributed by atoms with Crippen molar-refractivity contribution >= 4 is 28.8 Å². The molecule has 0 saturated heterocycles. The third-order valence-electron chi connectivity index (χ3n) is 1.49. The first kappa shape index (κ1) is 11.0.